The van der Waals surface area contributed by atoms with Crippen LogP contribution in [0.25, 0.3) is 0 Å². The summed E-state index contributed by atoms with van der Waals surface area (Å²) < 4.78 is 4.70. The fourth-order valence-electron chi connectivity index (χ4n) is 4.20. The summed E-state index contributed by atoms with van der Waals surface area (Å²) in [6, 6.07) is 35.0. The van der Waals surface area contributed by atoms with Gasteiger partial charge in [0.25, 0.3) is 0 Å². The maximum absolute atomic E-state index is 13.5. The van der Waals surface area contributed by atoms with Gasteiger partial charge in [0.1, 0.15) is 5.71 Å². The van der Waals surface area contributed by atoms with E-state index in [1.807, 2.05) is 54.6 Å². The number of nitrogens with zero attached hydrogens (tertiary/aromatic N) is 1. The lowest BCUT2D eigenvalue weighted by atomic mass is 9.93. The van der Waals surface area contributed by atoms with E-state index in [1.54, 1.807) is 0 Å². The largest absolute Gasteiger partial charge is 0.287 e. The number of ketones is 1. The van der Waals surface area contributed by atoms with Crippen molar-refractivity contribution >= 4 is 23.4 Å². The monoisotopic (exact) mass is 447 g/mol. The van der Waals surface area contributed by atoms with Crippen molar-refractivity contribution in [2.45, 2.75) is 30.6 Å². The van der Waals surface area contributed by atoms with Crippen LogP contribution in [-0.2, 0) is 25.7 Å². The number of rotatable bonds is 2. The Kier molecular flexibility index (Phi) is 6.50. The molecule has 0 spiro atoms. The Hall–Kier alpha value is -3.43. The normalized spacial score (nSPS) is 15.0. The van der Waals surface area contributed by atoms with E-state index in [9.17, 15) is 4.79 Å². The molecule has 2 nitrogen and oxygen atoms in total. The molecule has 4 aromatic carbocycles. The molecule has 4 bridgehead atoms. The van der Waals surface area contributed by atoms with Gasteiger partial charge in [0.05, 0.1) is 0 Å². The number of hydrogen-bond acceptors (Lipinski definition) is 3. The third kappa shape index (κ3) is 5.15. The van der Waals surface area contributed by atoms with Crippen LogP contribution in [0.15, 0.2) is 112 Å². The first-order valence-corrected chi connectivity index (χ1v) is 12.1. The molecule has 162 valence electrons. The number of Topliss-reactive ketones (excluding diaryl/α,β-unsaturated/α-hetero) is 1. The standard InChI is InChI=1S/C30H25NOS/c32-30-27-20-14-23(15-21-27)11-17-25-7-5-4-6-24(25)16-10-22-12-18-26(19-13-22)29(30)31-33-28-8-2-1-3-9-28/h1-9,12-15,18-21H,10-11,16-17H2/b31-29-. The fraction of sp³-hybridized carbons (Fsp3) is 0.133. The van der Waals surface area contributed by atoms with Crippen molar-refractivity contribution < 1.29 is 4.79 Å². The van der Waals surface area contributed by atoms with Crippen LogP contribution in [0.2, 0.25) is 0 Å². The number of hydrogen-bond donors (Lipinski definition) is 0. The molecule has 3 heteroatoms. The average Bonchev–Trinajstić information content (AvgIpc) is 2.88. The molecule has 4 aromatic rings. The molecular weight excluding hydrogens is 422 g/mol. The van der Waals surface area contributed by atoms with Crippen LogP contribution >= 0.6 is 11.9 Å². The van der Waals surface area contributed by atoms with Crippen molar-refractivity contribution in [2.75, 3.05) is 0 Å². The molecule has 0 heterocycles. The lowest BCUT2D eigenvalue weighted by Gasteiger charge is -2.12. The Morgan fingerprint density at radius 1 is 0.545 bits per heavy atom. The zero-order valence-corrected chi connectivity index (χ0v) is 19.2. The van der Waals surface area contributed by atoms with Crippen molar-refractivity contribution in [3.8, 4) is 0 Å². The lowest BCUT2D eigenvalue weighted by molar-refractivity contribution is 0.106. The first kappa shape index (κ1) is 21.4. The number of carbonyl (C=O) groups is 1. The molecule has 0 fully saturated rings. The molecule has 0 saturated heterocycles. The van der Waals surface area contributed by atoms with Crippen LogP contribution in [0.4, 0.5) is 0 Å². The molecular formula is C30H25NOS. The SMILES string of the molecule is O=C1/C(=N\Sc2ccccc2)c2ccc(cc2)CCc2ccccc2CCc2ccc1cc2. The van der Waals surface area contributed by atoms with Gasteiger partial charge in [-0.2, -0.15) is 0 Å². The predicted molar refractivity (Wildman–Crippen MR) is 137 cm³/mol. The van der Waals surface area contributed by atoms with Crippen molar-refractivity contribution in [1.29, 1.82) is 0 Å². The molecule has 0 unspecified atom stereocenters. The molecule has 0 radical (unpaired) electrons. The number of benzene rings is 4. The van der Waals surface area contributed by atoms with E-state index in [4.69, 9.17) is 4.40 Å². The first-order chi connectivity index (χ1) is 16.3. The zero-order chi connectivity index (χ0) is 22.5. The Bertz CT molecular complexity index is 1280. The van der Waals surface area contributed by atoms with E-state index >= 15 is 0 Å². The van der Waals surface area contributed by atoms with Gasteiger partial charge < -0.3 is 0 Å². The maximum Gasteiger partial charge on any atom is 0.212 e. The Balaban J connectivity index is 1.54. The highest BCUT2D eigenvalue weighted by molar-refractivity contribution is 7.98. The van der Waals surface area contributed by atoms with Gasteiger partial charge in [-0.05, 0) is 60.1 Å². The van der Waals surface area contributed by atoms with E-state index in [-0.39, 0.29) is 5.78 Å². The van der Waals surface area contributed by atoms with E-state index in [2.05, 4.69) is 48.5 Å². The van der Waals surface area contributed by atoms with Crippen molar-refractivity contribution in [3.63, 3.8) is 0 Å². The summed E-state index contributed by atoms with van der Waals surface area (Å²) >= 11 is 1.34. The van der Waals surface area contributed by atoms with Gasteiger partial charge in [-0.25, -0.2) is 4.40 Å². The van der Waals surface area contributed by atoms with Crippen LogP contribution in [0.3, 0.4) is 0 Å². The number of carbonyl (C=O) groups excluding carboxylic acids is 1. The Morgan fingerprint density at radius 3 is 1.64 bits per heavy atom. The van der Waals surface area contributed by atoms with Gasteiger partial charge >= 0.3 is 0 Å². The third-order valence-electron chi connectivity index (χ3n) is 6.13. The molecule has 0 saturated carbocycles. The zero-order valence-electron chi connectivity index (χ0n) is 18.4. The minimum Gasteiger partial charge on any atom is -0.287 e. The van der Waals surface area contributed by atoms with Crippen LogP contribution < -0.4 is 0 Å². The van der Waals surface area contributed by atoms with Crippen molar-refractivity contribution in [3.05, 3.63) is 137 Å². The summed E-state index contributed by atoms with van der Waals surface area (Å²) in [5, 5.41) is 0. The minimum atomic E-state index is -0.0461. The predicted octanol–water partition coefficient (Wildman–Crippen LogP) is 6.95. The second kappa shape index (κ2) is 10.0. The number of aryl methyl sites for hydroxylation is 4. The highest BCUT2D eigenvalue weighted by atomic mass is 32.2. The molecule has 4 aliphatic carbocycles. The molecule has 0 aliphatic heterocycles. The molecule has 0 aromatic heterocycles. The summed E-state index contributed by atoms with van der Waals surface area (Å²) in [5.74, 6) is -0.0461. The third-order valence-corrected chi connectivity index (χ3v) is 6.89. The van der Waals surface area contributed by atoms with Gasteiger partial charge in [-0.3, -0.25) is 4.79 Å². The van der Waals surface area contributed by atoms with E-state index < -0.39 is 0 Å². The van der Waals surface area contributed by atoms with Crippen LogP contribution in [0.1, 0.15) is 38.2 Å². The van der Waals surface area contributed by atoms with E-state index in [1.165, 1.54) is 34.2 Å². The first-order valence-electron chi connectivity index (χ1n) is 11.4. The summed E-state index contributed by atoms with van der Waals surface area (Å²) in [6.07, 6.45) is 3.95. The fourth-order valence-corrected chi connectivity index (χ4v) is 4.86. The Labute approximate surface area is 199 Å². The van der Waals surface area contributed by atoms with E-state index in [0.29, 0.717) is 11.3 Å². The van der Waals surface area contributed by atoms with Gasteiger partial charge in [0, 0.05) is 28.0 Å². The van der Waals surface area contributed by atoms with Crippen LogP contribution in [-0.4, -0.2) is 11.5 Å². The quantitative estimate of drug-likeness (QED) is 0.311. The Morgan fingerprint density at radius 2 is 1.06 bits per heavy atom. The highest BCUT2D eigenvalue weighted by Gasteiger charge is 2.17. The molecule has 4 aliphatic rings. The molecule has 33 heavy (non-hydrogen) atoms. The van der Waals surface area contributed by atoms with Crippen LogP contribution in [0.5, 0.6) is 0 Å². The topological polar surface area (TPSA) is 29.4 Å². The van der Waals surface area contributed by atoms with Gasteiger partial charge in [-0.1, -0.05) is 91.0 Å². The molecule has 0 N–H and O–H groups in total. The maximum atomic E-state index is 13.5. The average molecular weight is 448 g/mol. The van der Waals surface area contributed by atoms with Gasteiger partial charge in [0.15, 0.2) is 0 Å². The second-order valence-corrected chi connectivity index (χ2v) is 9.17. The molecule has 0 atom stereocenters. The van der Waals surface area contributed by atoms with Crippen molar-refractivity contribution in [1.82, 2.24) is 0 Å². The lowest BCUT2D eigenvalue weighted by Crippen LogP contribution is -2.16. The summed E-state index contributed by atoms with van der Waals surface area (Å²) in [7, 11) is 0. The van der Waals surface area contributed by atoms with Gasteiger partial charge in [0.2, 0.25) is 5.78 Å². The smallest absolute Gasteiger partial charge is 0.212 e. The summed E-state index contributed by atoms with van der Waals surface area (Å²) in [6.45, 7) is 0. The molecule has 0 amide bonds. The van der Waals surface area contributed by atoms with E-state index in [0.717, 1.165) is 36.1 Å². The summed E-state index contributed by atoms with van der Waals surface area (Å²) in [5.41, 5.74) is 7.35. The van der Waals surface area contributed by atoms with Crippen LogP contribution in [0, 0.1) is 0 Å². The van der Waals surface area contributed by atoms with Gasteiger partial charge in [-0.15, -0.1) is 0 Å². The summed E-state index contributed by atoms with van der Waals surface area (Å²) in [4.78, 5) is 14.5. The highest BCUT2D eigenvalue weighted by Crippen LogP contribution is 2.23. The molecule has 8 rings (SSSR count). The van der Waals surface area contributed by atoms with Crippen molar-refractivity contribution in [2.24, 2.45) is 4.40 Å². The minimum absolute atomic E-state index is 0.0461. The second-order valence-electron chi connectivity index (χ2n) is 8.34.